The number of thiophene rings is 1. The highest BCUT2D eigenvalue weighted by Gasteiger charge is 2.21. The molecule has 1 N–H and O–H groups in total. The third-order valence-electron chi connectivity index (χ3n) is 4.43. The van der Waals surface area contributed by atoms with Gasteiger partial charge in [0.2, 0.25) is 5.91 Å². The Morgan fingerprint density at radius 3 is 2.79 bits per heavy atom. The van der Waals surface area contributed by atoms with Crippen LogP contribution in [0, 0.1) is 0 Å². The molecule has 0 spiro atoms. The van der Waals surface area contributed by atoms with E-state index >= 15 is 0 Å². The molecule has 0 unspecified atom stereocenters. The fourth-order valence-corrected chi connectivity index (χ4v) is 4.09. The number of amides is 2. The predicted molar refractivity (Wildman–Crippen MR) is 106 cm³/mol. The van der Waals surface area contributed by atoms with Gasteiger partial charge < -0.3 is 19.7 Å². The molecule has 0 atom stereocenters. The average molecular weight is 402 g/mol. The number of hydrogen-bond donors (Lipinski definition) is 1. The van der Waals surface area contributed by atoms with Crippen LogP contribution in [0.1, 0.15) is 26.5 Å². The lowest BCUT2D eigenvalue weighted by Gasteiger charge is -2.16. The van der Waals surface area contributed by atoms with Crippen molar-refractivity contribution in [2.75, 3.05) is 32.6 Å². The summed E-state index contributed by atoms with van der Waals surface area (Å²) in [6.45, 7) is -0.550. The molecule has 2 amide bonds. The van der Waals surface area contributed by atoms with Crippen LogP contribution in [-0.2, 0) is 27.2 Å². The second-order valence-electron chi connectivity index (χ2n) is 6.52. The van der Waals surface area contributed by atoms with Crippen molar-refractivity contribution in [3.8, 4) is 5.75 Å². The van der Waals surface area contributed by atoms with Crippen molar-refractivity contribution in [3.05, 3.63) is 45.6 Å². The van der Waals surface area contributed by atoms with Crippen molar-refractivity contribution in [1.82, 2.24) is 4.90 Å². The van der Waals surface area contributed by atoms with Gasteiger partial charge in [0.15, 0.2) is 6.61 Å². The first-order valence-electron chi connectivity index (χ1n) is 8.93. The van der Waals surface area contributed by atoms with E-state index in [1.54, 1.807) is 31.4 Å². The van der Waals surface area contributed by atoms with E-state index in [9.17, 15) is 14.4 Å². The molecule has 7 nitrogen and oxygen atoms in total. The number of nitrogens with zero attached hydrogens (tertiary/aromatic N) is 1. The highest BCUT2D eigenvalue weighted by atomic mass is 32.1. The van der Waals surface area contributed by atoms with Crippen molar-refractivity contribution in [2.24, 2.45) is 0 Å². The van der Waals surface area contributed by atoms with Crippen LogP contribution in [0.25, 0.3) is 0 Å². The number of hydrogen-bond acceptors (Lipinski definition) is 6. The third kappa shape index (κ3) is 4.89. The number of aryl methyl sites for hydroxylation is 2. The Kier molecular flexibility index (Phi) is 6.30. The minimum absolute atomic E-state index is 0.152. The summed E-state index contributed by atoms with van der Waals surface area (Å²) in [5.41, 5.74) is 1.77. The molecule has 2 aromatic rings. The van der Waals surface area contributed by atoms with Crippen LogP contribution in [0.15, 0.2) is 30.3 Å². The van der Waals surface area contributed by atoms with E-state index < -0.39 is 18.5 Å². The second kappa shape index (κ2) is 8.88. The standard InChI is InChI=1S/C20H22N2O5S/c1-22(11-18(23)21-14-6-4-7-15(10-14)26-2)19(24)12-27-20(25)17-9-13-5-3-8-16(13)28-17/h4,6-7,9-10H,3,5,8,11-12H2,1-2H3,(H,21,23). The Bertz CT molecular complexity index is 871. The zero-order chi connectivity index (χ0) is 20.1. The number of likely N-dealkylation sites (N-methyl/N-ethyl adjacent to an activating group) is 1. The maximum Gasteiger partial charge on any atom is 0.348 e. The zero-order valence-electron chi connectivity index (χ0n) is 15.8. The summed E-state index contributed by atoms with van der Waals surface area (Å²) in [7, 11) is 3.03. The molecule has 28 heavy (non-hydrogen) atoms. The summed E-state index contributed by atoms with van der Waals surface area (Å²) < 4.78 is 10.2. The normalized spacial score (nSPS) is 12.2. The molecule has 0 aliphatic heterocycles. The van der Waals surface area contributed by atoms with Crippen LogP contribution < -0.4 is 10.1 Å². The van der Waals surface area contributed by atoms with Gasteiger partial charge >= 0.3 is 5.97 Å². The van der Waals surface area contributed by atoms with E-state index in [1.165, 1.54) is 33.7 Å². The van der Waals surface area contributed by atoms with E-state index in [-0.39, 0.29) is 12.5 Å². The molecule has 148 valence electrons. The number of ether oxygens (including phenoxy) is 2. The largest absolute Gasteiger partial charge is 0.497 e. The van der Waals surface area contributed by atoms with E-state index in [1.807, 2.05) is 6.07 Å². The fourth-order valence-electron chi connectivity index (χ4n) is 2.94. The van der Waals surface area contributed by atoms with Gasteiger partial charge in [0.1, 0.15) is 10.6 Å². The smallest absolute Gasteiger partial charge is 0.348 e. The number of carbonyl (C=O) groups excluding carboxylic acids is 3. The monoisotopic (exact) mass is 402 g/mol. The van der Waals surface area contributed by atoms with Crippen molar-refractivity contribution >= 4 is 34.8 Å². The van der Waals surface area contributed by atoms with Gasteiger partial charge in [0.25, 0.3) is 5.91 Å². The molecule has 1 aromatic carbocycles. The van der Waals surface area contributed by atoms with Gasteiger partial charge in [0, 0.05) is 23.7 Å². The van der Waals surface area contributed by atoms with Crippen molar-refractivity contribution in [2.45, 2.75) is 19.3 Å². The number of nitrogens with one attached hydrogen (secondary N) is 1. The Hall–Kier alpha value is -2.87. The second-order valence-corrected chi connectivity index (χ2v) is 7.66. The van der Waals surface area contributed by atoms with Gasteiger partial charge in [-0.25, -0.2) is 4.79 Å². The van der Waals surface area contributed by atoms with Gasteiger partial charge in [0.05, 0.1) is 13.7 Å². The molecule has 3 rings (SSSR count). The van der Waals surface area contributed by atoms with E-state index in [4.69, 9.17) is 9.47 Å². The van der Waals surface area contributed by atoms with Crippen LogP contribution in [0.2, 0.25) is 0 Å². The molecule has 1 aromatic heterocycles. The predicted octanol–water partition coefficient (Wildman–Crippen LogP) is 2.50. The van der Waals surface area contributed by atoms with E-state index in [0.717, 1.165) is 19.3 Å². The SMILES string of the molecule is COc1cccc(NC(=O)CN(C)C(=O)COC(=O)c2cc3c(s2)CCC3)c1. The maximum atomic E-state index is 12.2. The summed E-state index contributed by atoms with van der Waals surface area (Å²) in [5.74, 6) is -0.681. The van der Waals surface area contributed by atoms with Crippen molar-refractivity contribution in [1.29, 1.82) is 0 Å². The van der Waals surface area contributed by atoms with Gasteiger partial charge in [-0.05, 0) is 43.0 Å². The molecule has 1 aliphatic carbocycles. The van der Waals surface area contributed by atoms with Crippen LogP contribution in [0.4, 0.5) is 5.69 Å². The quantitative estimate of drug-likeness (QED) is 0.720. The van der Waals surface area contributed by atoms with Gasteiger partial charge in [-0.15, -0.1) is 11.3 Å². The summed E-state index contributed by atoms with van der Waals surface area (Å²) in [6, 6.07) is 8.78. The van der Waals surface area contributed by atoms with E-state index in [0.29, 0.717) is 16.3 Å². The van der Waals surface area contributed by atoms with Crippen LogP contribution in [0.5, 0.6) is 5.75 Å². The minimum Gasteiger partial charge on any atom is -0.497 e. The molecule has 8 heteroatoms. The molecule has 1 heterocycles. The number of fused-ring (bicyclic) bond motifs is 1. The van der Waals surface area contributed by atoms with Crippen molar-refractivity contribution < 1.29 is 23.9 Å². The van der Waals surface area contributed by atoms with Crippen molar-refractivity contribution in [3.63, 3.8) is 0 Å². The molecule has 0 radical (unpaired) electrons. The Morgan fingerprint density at radius 2 is 2.04 bits per heavy atom. The zero-order valence-corrected chi connectivity index (χ0v) is 16.6. The number of esters is 1. The number of carbonyl (C=O) groups is 3. The number of benzene rings is 1. The van der Waals surface area contributed by atoms with Crippen LogP contribution in [0.3, 0.4) is 0 Å². The van der Waals surface area contributed by atoms with Gasteiger partial charge in [-0.2, -0.15) is 0 Å². The molecular weight excluding hydrogens is 380 g/mol. The van der Waals surface area contributed by atoms with Gasteiger partial charge in [-0.1, -0.05) is 6.07 Å². The third-order valence-corrected chi connectivity index (χ3v) is 5.65. The lowest BCUT2D eigenvalue weighted by Crippen LogP contribution is -2.37. The fraction of sp³-hybridized carbons (Fsp3) is 0.350. The Balaban J connectivity index is 1.45. The summed E-state index contributed by atoms with van der Waals surface area (Å²) in [5, 5.41) is 2.70. The first-order chi connectivity index (χ1) is 13.5. The summed E-state index contributed by atoms with van der Waals surface area (Å²) >= 11 is 1.43. The van der Waals surface area contributed by atoms with Crippen LogP contribution >= 0.6 is 11.3 Å². The lowest BCUT2D eigenvalue weighted by atomic mass is 10.2. The molecule has 0 saturated carbocycles. The highest BCUT2D eigenvalue weighted by Crippen LogP contribution is 2.30. The maximum absolute atomic E-state index is 12.2. The van der Waals surface area contributed by atoms with Gasteiger partial charge in [-0.3, -0.25) is 9.59 Å². The first-order valence-corrected chi connectivity index (χ1v) is 9.74. The van der Waals surface area contributed by atoms with E-state index in [2.05, 4.69) is 5.32 Å². The number of methoxy groups -OCH3 is 1. The molecule has 0 bridgehead atoms. The average Bonchev–Trinajstić information content (AvgIpc) is 3.28. The first kappa shape index (κ1) is 19.9. The lowest BCUT2D eigenvalue weighted by molar-refractivity contribution is -0.136. The topological polar surface area (TPSA) is 84.9 Å². The highest BCUT2D eigenvalue weighted by molar-refractivity contribution is 7.14. The Morgan fingerprint density at radius 1 is 1.21 bits per heavy atom. The Labute approximate surface area is 167 Å². The summed E-state index contributed by atoms with van der Waals surface area (Å²) in [4.78, 5) is 39.4. The van der Waals surface area contributed by atoms with Crippen LogP contribution in [-0.4, -0.2) is 50.0 Å². The number of anilines is 1. The minimum atomic E-state index is -0.498. The summed E-state index contributed by atoms with van der Waals surface area (Å²) in [6.07, 6.45) is 3.11. The molecule has 1 aliphatic rings. The molecular formula is C20H22N2O5S. The molecule has 0 saturated heterocycles. The number of rotatable bonds is 7. The molecule has 0 fully saturated rings.